The summed E-state index contributed by atoms with van der Waals surface area (Å²) in [5.74, 6) is -1.01. The quantitative estimate of drug-likeness (QED) is 0.765. The first-order valence-corrected chi connectivity index (χ1v) is 7.45. The number of nitrogens with zero attached hydrogens (tertiary/aromatic N) is 5. The fourth-order valence-corrected chi connectivity index (χ4v) is 2.30. The Hall–Kier alpha value is -3.03. The van der Waals surface area contributed by atoms with E-state index in [-0.39, 0.29) is 11.1 Å². The van der Waals surface area contributed by atoms with Gasteiger partial charge in [-0.2, -0.15) is 5.10 Å². The Balaban J connectivity index is 1.98. The first kappa shape index (κ1) is 15.9. The number of hydrogen-bond acceptors (Lipinski definition) is 5. The number of fused-ring (bicyclic) bond motifs is 1. The molecule has 0 bridgehead atoms. The number of H-pyrrole nitrogens is 1. The molecule has 8 heteroatoms. The minimum absolute atomic E-state index is 0.153. The molecule has 0 atom stereocenters. The van der Waals surface area contributed by atoms with Gasteiger partial charge in [-0.05, 0) is 45.9 Å². The lowest BCUT2D eigenvalue weighted by molar-refractivity contribution is 0.0699. The SMILES string of the molecule is Cc1[nH]nc2nc(/C=C/c3cn(C(C)(C)C)nn3)cc(C(=O)O)c12. The number of aryl methyl sites for hydroxylation is 1. The Kier molecular flexibility index (Phi) is 3.67. The van der Waals surface area contributed by atoms with Crippen LogP contribution in [-0.2, 0) is 5.54 Å². The second-order valence-electron chi connectivity index (χ2n) is 6.54. The van der Waals surface area contributed by atoms with Crippen LogP contribution in [0.15, 0.2) is 12.3 Å². The van der Waals surface area contributed by atoms with Crippen LogP contribution in [0.1, 0.15) is 48.2 Å². The second kappa shape index (κ2) is 5.55. The first-order valence-electron chi connectivity index (χ1n) is 7.45. The Morgan fingerprint density at radius 2 is 2.00 bits per heavy atom. The monoisotopic (exact) mass is 326 g/mol. The van der Waals surface area contributed by atoms with Crippen molar-refractivity contribution < 1.29 is 9.90 Å². The largest absolute Gasteiger partial charge is 0.478 e. The van der Waals surface area contributed by atoms with E-state index in [0.717, 1.165) is 0 Å². The zero-order chi connectivity index (χ0) is 17.5. The summed E-state index contributed by atoms with van der Waals surface area (Å²) in [6.45, 7) is 7.86. The molecule has 0 radical (unpaired) electrons. The Morgan fingerprint density at radius 1 is 1.29 bits per heavy atom. The van der Waals surface area contributed by atoms with E-state index in [4.69, 9.17) is 0 Å². The lowest BCUT2D eigenvalue weighted by Crippen LogP contribution is -2.22. The summed E-state index contributed by atoms with van der Waals surface area (Å²) in [6.07, 6.45) is 5.27. The molecule has 3 rings (SSSR count). The van der Waals surface area contributed by atoms with Crippen LogP contribution in [-0.4, -0.2) is 41.3 Å². The zero-order valence-corrected chi connectivity index (χ0v) is 13.9. The molecule has 0 aromatic carbocycles. The van der Waals surface area contributed by atoms with Crippen LogP contribution >= 0.6 is 0 Å². The number of pyridine rings is 1. The van der Waals surface area contributed by atoms with E-state index in [2.05, 4.69) is 25.5 Å². The van der Waals surface area contributed by atoms with E-state index in [0.29, 0.717) is 28.1 Å². The van der Waals surface area contributed by atoms with Crippen molar-refractivity contribution in [2.45, 2.75) is 33.2 Å². The fraction of sp³-hybridized carbons (Fsp3) is 0.312. The molecule has 124 valence electrons. The predicted octanol–water partition coefficient (Wildman–Crippen LogP) is 2.48. The third-order valence-corrected chi connectivity index (χ3v) is 3.58. The molecule has 2 N–H and O–H groups in total. The number of rotatable bonds is 3. The summed E-state index contributed by atoms with van der Waals surface area (Å²) in [6, 6.07) is 1.53. The van der Waals surface area contributed by atoms with Gasteiger partial charge >= 0.3 is 5.97 Å². The van der Waals surface area contributed by atoms with Gasteiger partial charge in [0, 0.05) is 5.69 Å². The molecule has 8 nitrogen and oxygen atoms in total. The van der Waals surface area contributed by atoms with Crippen molar-refractivity contribution in [3.63, 3.8) is 0 Å². The summed E-state index contributed by atoms with van der Waals surface area (Å²) in [4.78, 5) is 15.8. The standard InChI is InChI=1S/C16H18N6O2/c1-9-13-12(15(23)24)7-10(17-14(13)20-18-9)5-6-11-8-22(21-19-11)16(2,3)4/h5-8H,1-4H3,(H,23,24)(H,17,18,20)/b6-5+. The highest BCUT2D eigenvalue weighted by molar-refractivity contribution is 6.03. The van der Waals surface area contributed by atoms with Gasteiger partial charge in [-0.1, -0.05) is 5.21 Å². The highest BCUT2D eigenvalue weighted by atomic mass is 16.4. The smallest absolute Gasteiger partial charge is 0.336 e. The van der Waals surface area contributed by atoms with Crippen LogP contribution in [0.2, 0.25) is 0 Å². The Morgan fingerprint density at radius 3 is 2.62 bits per heavy atom. The van der Waals surface area contributed by atoms with Gasteiger partial charge in [0.2, 0.25) is 0 Å². The second-order valence-corrected chi connectivity index (χ2v) is 6.54. The third-order valence-electron chi connectivity index (χ3n) is 3.58. The molecule has 0 amide bonds. The highest BCUT2D eigenvalue weighted by Gasteiger charge is 2.16. The van der Waals surface area contributed by atoms with Gasteiger partial charge in [-0.25, -0.2) is 14.5 Å². The first-order chi connectivity index (χ1) is 11.3. The number of carboxylic acids is 1. The van der Waals surface area contributed by atoms with Gasteiger partial charge in [0.25, 0.3) is 0 Å². The van der Waals surface area contributed by atoms with E-state index in [9.17, 15) is 9.90 Å². The summed E-state index contributed by atoms with van der Waals surface area (Å²) in [7, 11) is 0. The number of aromatic carboxylic acids is 1. The summed E-state index contributed by atoms with van der Waals surface area (Å²) >= 11 is 0. The molecule has 0 saturated carbocycles. The molecule has 0 saturated heterocycles. The fourth-order valence-electron chi connectivity index (χ4n) is 2.30. The van der Waals surface area contributed by atoms with Crippen LogP contribution in [0.3, 0.4) is 0 Å². The topological polar surface area (TPSA) is 110 Å². The third kappa shape index (κ3) is 2.90. The highest BCUT2D eigenvalue weighted by Crippen LogP contribution is 2.21. The summed E-state index contributed by atoms with van der Waals surface area (Å²) in [5.41, 5.74) is 2.24. The van der Waals surface area contributed by atoms with E-state index >= 15 is 0 Å². The molecule has 0 aliphatic rings. The van der Waals surface area contributed by atoms with Crippen molar-refractivity contribution in [2.75, 3.05) is 0 Å². The van der Waals surface area contributed by atoms with Gasteiger partial charge in [0.05, 0.1) is 28.4 Å². The van der Waals surface area contributed by atoms with Gasteiger partial charge in [-0.15, -0.1) is 5.10 Å². The molecule has 0 fully saturated rings. The van der Waals surface area contributed by atoms with E-state index in [1.54, 1.807) is 23.8 Å². The number of aromatic amines is 1. The molecule has 0 unspecified atom stereocenters. The normalized spacial score (nSPS) is 12.3. The van der Waals surface area contributed by atoms with Gasteiger partial charge in [-0.3, -0.25) is 5.10 Å². The Bertz CT molecular complexity index is 945. The number of aromatic nitrogens is 6. The lowest BCUT2D eigenvalue weighted by atomic mass is 10.1. The van der Waals surface area contributed by atoms with Crippen molar-refractivity contribution in [2.24, 2.45) is 0 Å². The minimum Gasteiger partial charge on any atom is -0.478 e. The Labute approximate surface area is 138 Å². The molecule has 3 aromatic heterocycles. The van der Waals surface area contributed by atoms with Crippen molar-refractivity contribution >= 4 is 29.2 Å². The maximum absolute atomic E-state index is 11.5. The predicted molar refractivity (Wildman–Crippen MR) is 89.5 cm³/mol. The average Bonchev–Trinajstić information content (AvgIpc) is 3.11. The van der Waals surface area contributed by atoms with Gasteiger partial charge < -0.3 is 5.11 Å². The number of nitrogens with one attached hydrogen (secondary N) is 1. The summed E-state index contributed by atoms with van der Waals surface area (Å²) < 4.78 is 1.77. The van der Waals surface area contributed by atoms with E-state index < -0.39 is 5.97 Å². The van der Waals surface area contributed by atoms with Crippen LogP contribution in [0, 0.1) is 6.92 Å². The summed E-state index contributed by atoms with van der Waals surface area (Å²) in [5, 5.41) is 24.9. The van der Waals surface area contributed by atoms with Gasteiger partial charge in [0.1, 0.15) is 5.69 Å². The number of hydrogen-bond donors (Lipinski definition) is 2. The maximum atomic E-state index is 11.5. The molecule has 24 heavy (non-hydrogen) atoms. The van der Waals surface area contributed by atoms with E-state index in [1.807, 2.05) is 27.0 Å². The molecular formula is C16H18N6O2. The maximum Gasteiger partial charge on any atom is 0.336 e. The molecule has 0 aliphatic heterocycles. The van der Waals surface area contributed by atoms with Crippen molar-refractivity contribution in [1.29, 1.82) is 0 Å². The lowest BCUT2D eigenvalue weighted by Gasteiger charge is -2.17. The van der Waals surface area contributed by atoms with E-state index in [1.165, 1.54) is 6.07 Å². The van der Waals surface area contributed by atoms with Gasteiger partial charge in [0.15, 0.2) is 5.65 Å². The molecule has 0 spiro atoms. The molecular weight excluding hydrogens is 308 g/mol. The van der Waals surface area contributed by atoms with Crippen LogP contribution in [0.4, 0.5) is 0 Å². The van der Waals surface area contributed by atoms with Crippen molar-refractivity contribution in [1.82, 2.24) is 30.2 Å². The minimum atomic E-state index is -1.01. The van der Waals surface area contributed by atoms with Crippen LogP contribution in [0.25, 0.3) is 23.2 Å². The average molecular weight is 326 g/mol. The number of carboxylic acid groups (broad SMARTS) is 1. The van der Waals surface area contributed by atoms with Crippen LogP contribution < -0.4 is 0 Å². The van der Waals surface area contributed by atoms with Crippen LogP contribution in [0.5, 0.6) is 0 Å². The zero-order valence-electron chi connectivity index (χ0n) is 13.9. The van der Waals surface area contributed by atoms with Crippen molar-refractivity contribution in [3.8, 4) is 0 Å². The molecule has 3 heterocycles. The number of carbonyl (C=O) groups is 1. The van der Waals surface area contributed by atoms with Crippen molar-refractivity contribution in [3.05, 3.63) is 34.9 Å². The molecule has 0 aliphatic carbocycles. The molecule has 3 aromatic rings.